The molecule has 4 N–H and O–H groups in total. The quantitative estimate of drug-likeness (QED) is 0.510. The summed E-state index contributed by atoms with van der Waals surface area (Å²) in [4.78, 5) is 0. The fourth-order valence-corrected chi connectivity index (χ4v) is 2.18. The highest BCUT2D eigenvalue weighted by Gasteiger charge is 2.43. The van der Waals surface area contributed by atoms with Crippen molar-refractivity contribution in [1.82, 2.24) is 0 Å². The first-order chi connectivity index (χ1) is 10.4. The van der Waals surface area contributed by atoms with Crippen LogP contribution in [0.2, 0.25) is 0 Å². The summed E-state index contributed by atoms with van der Waals surface area (Å²) in [7, 11) is 0. The predicted octanol–water partition coefficient (Wildman–Crippen LogP) is 0.496. The summed E-state index contributed by atoms with van der Waals surface area (Å²) in [5, 5.41) is 38.2. The molecule has 0 radical (unpaired) electrons. The van der Waals surface area contributed by atoms with Crippen LogP contribution in [-0.4, -0.2) is 64.3 Å². The van der Waals surface area contributed by atoms with E-state index in [9.17, 15) is 15.3 Å². The Morgan fingerprint density at radius 1 is 1.05 bits per heavy atom. The second-order valence-electron chi connectivity index (χ2n) is 5.90. The van der Waals surface area contributed by atoms with Crippen LogP contribution in [0.4, 0.5) is 0 Å². The molecule has 0 aromatic carbocycles. The van der Waals surface area contributed by atoms with Gasteiger partial charge in [0.15, 0.2) is 6.29 Å². The van der Waals surface area contributed by atoms with Crippen LogP contribution in [0.5, 0.6) is 0 Å². The van der Waals surface area contributed by atoms with Gasteiger partial charge in [-0.05, 0) is 33.6 Å². The number of aliphatic hydroxyl groups is 4. The monoisotopic (exact) mass is 316 g/mol. The number of hydrogen-bond donors (Lipinski definition) is 4. The maximum Gasteiger partial charge on any atom is 0.187 e. The Kier molecular flexibility index (Phi) is 8.24. The lowest BCUT2D eigenvalue weighted by atomic mass is 9.99. The van der Waals surface area contributed by atoms with Gasteiger partial charge in [-0.2, -0.15) is 0 Å². The molecule has 6 heteroatoms. The van der Waals surface area contributed by atoms with Gasteiger partial charge in [0.1, 0.15) is 24.4 Å². The predicted molar refractivity (Wildman–Crippen MR) is 82.1 cm³/mol. The van der Waals surface area contributed by atoms with Gasteiger partial charge in [0, 0.05) is 0 Å². The molecule has 1 aliphatic heterocycles. The summed E-state index contributed by atoms with van der Waals surface area (Å²) in [5.41, 5.74) is 2.44. The lowest BCUT2D eigenvalue weighted by molar-refractivity contribution is -0.298. The SMILES string of the molecule is CC(C)=CCC/C(C)=C/CO[C@H]1O[C@H](CO)[C@H](O)[C@H](O)[C@H]1O. The molecule has 0 bridgehead atoms. The van der Waals surface area contributed by atoms with Gasteiger partial charge < -0.3 is 29.9 Å². The van der Waals surface area contributed by atoms with Crippen molar-refractivity contribution >= 4 is 0 Å². The second kappa shape index (κ2) is 9.39. The van der Waals surface area contributed by atoms with Crippen molar-refractivity contribution in [3.8, 4) is 0 Å². The molecule has 0 saturated carbocycles. The summed E-state index contributed by atoms with van der Waals surface area (Å²) >= 11 is 0. The first-order valence-electron chi connectivity index (χ1n) is 7.58. The van der Waals surface area contributed by atoms with Gasteiger partial charge in [-0.15, -0.1) is 0 Å². The van der Waals surface area contributed by atoms with Crippen molar-refractivity contribution in [2.75, 3.05) is 13.2 Å². The molecular weight excluding hydrogens is 288 g/mol. The van der Waals surface area contributed by atoms with Gasteiger partial charge in [-0.25, -0.2) is 0 Å². The molecule has 1 heterocycles. The smallest absolute Gasteiger partial charge is 0.187 e. The summed E-state index contributed by atoms with van der Waals surface area (Å²) in [5.74, 6) is 0. The van der Waals surface area contributed by atoms with E-state index in [2.05, 4.69) is 19.9 Å². The highest BCUT2D eigenvalue weighted by atomic mass is 16.7. The molecule has 1 aliphatic rings. The molecule has 22 heavy (non-hydrogen) atoms. The molecule has 0 aromatic rings. The molecule has 0 spiro atoms. The molecule has 0 aromatic heterocycles. The standard InChI is InChI=1S/C16H28O6/c1-10(2)5-4-6-11(3)7-8-21-16-15(20)14(19)13(18)12(9-17)22-16/h5,7,12-20H,4,6,8-9H2,1-3H3/b11-7+/t12-,13+,14+,15-,16+/m1/s1. The third kappa shape index (κ3) is 5.79. The fourth-order valence-electron chi connectivity index (χ4n) is 2.18. The third-order valence-corrected chi connectivity index (χ3v) is 3.63. The molecule has 1 rings (SSSR count). The first kappa shape index (κ1) is 19.3. The molecule has 0 aliphatic carbocycles. The van der Waals surface area contributed by atoms with Crippen molar-refractivity contribution < 1.29 is 29.9 Å². The molecule has 128 valence electrons. The third-order valence-electron chi connectivity index (χ3n) is 3.63. The Balaban J connectivity index is 2.44. The van der Waals surface area contributed by atoms with E-state index in [1.165, 1.54) is 5.57 Å². The van der Waals surface area contributed by atoms with E-state index in [4.69, 9.17) is 14.6 Å². The van der Waals surface area contributed by atoms with Gasteiger partial charge >= 0.3 is 0 Å². The highest BCUT2D eigenvalue weighted by molar-refractivity contribution is 5.02. The summed E-state index contributed by atoms with van der Waals surface area (Å²) < 4.78 is 10.7. The summed E-state index contributed by atoms with van der Waals surface area (Å²) in [6, 6.07) is 0. The van der Waals surface area contributed by atoms with Gasteiger partial charge in [-0.3, -0.25) is 0 Å². The van der Waals surface area contributed by atoms with E-state index < -0.39 is 37.3 Å². The van der Waals surface area contributed by atoms with Crippen LogP contribution >= 0.6 is 0 Å². The minimum atomic E-state index is -1.40. The normalized spacial score (nSPS) is 32.9. The maximum atomic E-state index is 9.82. The van der Waals surface area contributed by atoms with Crippen LogP contribution in [-0.2, 0) is 9.47 Å². The molecule has 1 saturated heterocycles. The fraction of sp³-hybridized carbons (Fsp3) is 0.750. The van der Waals surface area contributed by atoms with Crippen LogP contribution in [0.25, 0.3) is 0 Å². The Morgan fingerprint density at radius 2 is 1.73 bits per heavy atom. The number of aliphatic hydroxyl groups excluding tert-OH is 4. The van der Waals surface area contributed by atoms with Crippen LogP contribution < -0.4 is 0 Å². The van der Waals surface area contributed by atoms with Gasteiger partial charge in [0.05, 0.1) is 13.2 Å². The lowest BCUT2D eigenvalue weighted by Gasteiger charge is -2.39. The van der Waals surface area contributed by atoms with Crippen LogP contribution in [0.1, 0.15) is 33.6 Å². The Labute approximate surface area is 131 Å². The highest BCUT2D eigenvalue weighted by Crippen LogP contribution is 2.22. The molecule has 0 unspecified atom stereocenters. The number of ether oxygens (including phenoxy) is 2. The topological polar surface area (TPSA) is 99.4 Å². The second-order valence-corrected chi connectivity index (χ2v) is 5.90. The van der Waals surface area contributed by atoms with Gasteiger partial charge in [0.25, 0.3) is 0 Å². The van der Waals surface area contributed by atoms with E-state index in [0.717, 1.165) is 18.4 Å². The van der Waals surface area contributed by atoms with Crippen LogP contribution in [0.15, 0.2) is 23.3 Å². The zero-order chi connectivity index (χ0) is 16.7. The largest absolute Gasteiger partial charge is 0.394 e. The first-order valence-corrected chi connectivity index (χ1v) is 7.58. The molecule has 5 atom stereocenters. The zero-order valence-corrected chi connectivity index (χ0v) is 13.5. The van der Waals surface area contributed by atoms with Crippen LogP contribution in [0, 0.1) is 0 Å². The van der Waals surface area contributed by atoms with E-state index in [1.807, 2.05) is 13.0 Å². The van der Waals surface area contributed by atoms with Crippen molar-refractivity contribution in [2.24, 2.45) is 0 Å². The van der Waals surface area contributed by atoms with Crippen molar-refractivity contribution in [1.29, 1.82) is 0 Å². The van der Waals surface area contributed by atoms with Crippen LogP contribution in [0.3, 0.4) is 0 Å². The molecule has 0 amide bonds. The van der Waals surface area contributed by atoms with Crippen molar-refractivity contribution in [3.63, 3.8) is 0 Å². The average molecular weight is 316 g/mol. The summed E-state index contributed by atoms with van der Waals surface area (Å²) in [6.07, 6.45) is -0.190. The van der Waals surface area contributed by atoms with E-state index in [1.54, 1.807) is 0 Å². The van der Waals surface area contributed by atoms with Gasteiger partial charge in [-0.1, -0.05) is 23.3 Å². The van der Waals surface area contributed by atoms with Crippen molar-refractivity contribution in [3.05, 3.63) is 23.3 Å². The zero-order valence-electron chi connectivity index (χ0n) is 13.5. The average Bonchev–Trinajstić information content (AvgIpc) is 2.47. The summed E-state index contributed by atoms with van der Waals surface area (Å²) in [6.45, 7) is 5.88. The van der Waals surface area contributed by atoms with Gasteiger partial charge in [0.2, 0.25) is 0 Å². The maximum absolute atomic E-state index is 9.82. The molecular formula is C16H28O6. The lowest BCUT2D eigenvalue weighted by Crippen LogP contribution is -2.59. The minimum Gasteiger partial charge on any atom is -0.394 e. The van der Waals surface area contributed by atoms with E-state index in [0.29, 0.717) is 0 Å². The molecule has 6 nitrogen and oxygen atoms in total. The van der Waals surface area contributed by atoms with Crippen molar-refractivity contribution in [2.45, 2.75) is 64.3 Å². The minimum absolute atomic E-state index is 0.226. The Bertz CT molecular complexity index is 386. The number of allylic oxidation sites excluding steroid dienone is 3. The molecule has 1 fully saturated rings. The Morgan fingerprint density at radius 3 is 2.32 bits per heavy atom. The van der Waals surface area contributed by atoms with E-state index in [-0.39, 0.29) is 6.61 Å². The number of hydrogen-bond acceptors (Lipinski definition) is 6. The van der Waals surface area contributed by atoms with E-state index >= 15 is 0 Å². The number of rotatable bonds is 7. The Hall–Kier alpha value is -0.760.